The van der Waals surface area contributed by atoms with Crippen LogP contribution in [0.2, 0.25) is 0 Å². The number of carbonyl (C=O) groups is 2. The molecule has 0 fully saturated rings. The van der Waals surface area contributed by atoms with Gasteiger partial charge in [-0.05, 0) is 53.3 Å². The van der Waals surface area contributed by atoms with Crippen molar-refractivity contribution in [2.75, 3.05) is 6.54 Å². The largest absolute Gasteiger partial charge is 0.354 e. The van der Waals surface area contributed by atoms with Crippen LogP contribution in [0.3, 0.4) is 0 Å². The first-order chi connectivity index (χ1) is 16.0. The fraction of sp³-hybridized carbons (Fsp3) is 0.357. The average molecular weight is 449 g/mol. The number of aryl methyl sites for hydroxylation is 1. The molecule has 33 heavy (non-hydrogen) atoms. The molecular weight excluding hydrogens is 415 g/mol. The Hall–Kier alpha value is -3.21. The Labute approximate surface area is 195 Å². The fourth-order valence-electron chi connectivity index (χ4n) is 4.11. The molecule has 1 N–H and O–H groups in total. The van der Waals surface area contributed by atoms with E-state index in [1.165, 1.54) is 12.1 Å². The molecule has 2 amide bonds. The van der Waals surface area contributed by atoms with Gasteiger partial charge in [-0.25, -0.2) is 4.39 Å². The first kappa shape index (κ1) is 24.4. The van der Waals surface area contributed by atoms with Crippen molar-refractivity contribution in [3.63, 3.8) is 0 Å². The summed E-state index contributed by atoms with van der Waals surface area (Å²) in [6.45, 7) is 4.86. The molecule has 0 spiro atoms. The fourth-order valence-corrected chi connectivity index (χ4v) is 4.11. The van der Waals surface area contributed by atoms with E-state index in [1.54, 1.807) is 17.0 Å². The first-order valence-electron chi connectivity index (χ1n) is 11.8. The normalized spacial score (nSPS) is 11.8. The Kier molecular flexibility index (Phi) is 8.99. The molecule has 0 radical (unpaired) electrons. The number of unbranched alkanes of at least 4 members (excludes halogenated alkanes) is 1. The lowest BCUT2D eigenvalue weighted by Crippen LogP contribution is -2.49. The molecule has 1 atom stereocenters. The third kappa shape index (κ3) is 6.64. The van der Waals surface area contributed by atoms with Crippen LogP contribution in [0, 0.1) is 5.82 Å². The zero-order valence-corrected chi connectivity index (χ0v) is 19.5. The van der Waals surface area contributed by atoms with Crippen molar-refractivity contribution in [1.29, 1.82) is 0 Å². The number of rotatable bonds is 11. The molecule has 0 aliphatic heterocycles. The minimum absolute atomic E-state index is 0.0789. The molecule has 0 heterocycles. The second-order valence-electron chi connectivity index (χ2n) is 8.36. The molecule has 0 saturated carbocycles. The van der Waals surface area contributed by atoms with Crippen molar-refractivity contribution in [3.05, 3.63) is 83.7 Å². The van der Waals surface area contributed by atoms with E-state index < -0.39 is 6.04 Å². The minimum Gasteiger partial charge on any atom is -0.354 e. The van der Waals surface area contributed by atoms with E-state index in [1.807, 2.05) is 25.1 Å². The smallest absolute Gasteiger partial charge is 0.242 e. The van der Waals surface area contributed by atoms with E-state index in [4.69, 9.17) is 0 Å². The Bertz CT molecular complexity index is 1060. The van der Waals surface area contributed by atoms with Crippen LogP contribution in [0.25, 0.3) is 10.8 Å². The van der Waals surface area contributed by atoms with Crippen LogP contribution >= 0.6 is 0 Å². The summed E-state index contributed by atoms with van der Waals surface area (Å²) in [6, 6.07) is 19.8. The van der Waals surface area contributed by atoms with Crippen LogP contribution in [-0.4, -0.2) is 29.3 Å². The van der Waals surface area contributed by atoms with E-state index in [0.717, 1.165) is 34.7 Å². The van der Waals surface area contributed by atoms with Crippen LogP contribution in [-0.2, 0) is 22.6 Å². The first-order valence-corrected chi connectivity index (χ1v) is 11.8. The molecule has 0 bridgehead atoms. The summed E-state index contributed by atoms with van der Waals surface area (Å²) in [7, 11) is 0. The number of benzene rings is 3. The van der Waals surface area contributed by atoms with E-state index in [9.17, 15) is 14.0 Å². The maximum Gasteiger partial charge on any atom is 0.242 e. The summed E-state index contributed by atoms with van der Waals surface area (Å²) in [5.74, 6) is -0.534. The highest BCUT2D eigenvalue weighted by atomic mass is 19.1. The summed E-state index contributed by atoms with van der Waals surface area (Å²) in [4.78, 5) is 28.0. The van der Waals surface area contributed by atoms with Crippen molar-refractivity contribution < 1.29 is 14.0 Å². The lowest BCUT2D eigenvalue weighted by Gasteiger charge is -2.31. The molecule has 3 aromatic rings. The van der Waals surface area contributed by atoms with Crippen LogP contribution < -0.4 is 5.32 Å². The van der Waals surface area contributed by atoms with Crippen molar-refractivity contribution >= 4 is 22.6 Å². The Morgan fingerprint density at radius 2 is 1.70 bits per heavy atom. The summed E-state index contributed by atoms with van der Waals surface area (Å²) >= 11 is 0. The quantitative estimate of drug-likeness (QED) is 0.386. The molecule has 3 rings (SSSR count). The number of carbonyl (C=O) groups excluding carboxylic acids is 2. The van der Waals surface area contributed by atoms with Crippen molar-refractivity contribution in [1.82, 2.24) is 10.2 Å². The van der Waals surface area contributed by atoms with Gasteiger partial charge >= 0.3 is 0 Å². The highest BCUT2D eigenvalue weighted by molar-refractivity contribution is 5.89. The van der Waals surface area contributed by atoms with Crippen LogP contribution in [0.4, 0.5) is 4.39 Å². The molecule has 0 unspecified atom stereocenters. The standard InChI is InChI=1S/C28H33FN2O2/c1-3-5-19-30-28(33)26(4-2)31(20-21-13-16-24(29)17-14-21)27(32)18-15-23-11-8-10-22-9-6-7-12-25(22)23/h6-14,16-17,26H,3-5,15,18-20H2,1-2H3,(H,30,33)/t26-/m0/s1. The van der Waals surface area contributed by atoms with Crippen molar-refractivity contribution in [2.24, 2.45) is 0 Å². The molecule has 0 saturated heterocycles. The average Bonchev–Trinajstić information content (AvgIpc) is 2.83. The number of nitrogens with one attached hydrogen (secondary N) is 1. The highest BCUT2D eigenvalue weighted by Crippen LogP contribution is 2.21. The van der Waals surface area contributed by atoms with E-state index in [-0.39, 0.29) is 24.2 Å². The number of halogens is 1. The predicted octanol–water partition coefficient (Wildman–Crippen LogP) is 5.64. The minimum atomic E-state index is -0.563. The second-order valence-corrected chi connectivity index (χ2v) is 8.36. The Morgan fingerprint density at radius 3 is 2.42 bits per heavy atom. The maximum absolute atomic E-state index is 13.4. The van der Waals surface area contributed by atoms with Gasteiger partial charge in [-0.15, -0.1) is 0 Å². The third-order valence-corrected chi connectivity index (χ3v) is 5.97. The van der Waals surface area contributed by atoms with Crippen LogP contribution in [0.1, 0.15) is 50.7 Å². The number of nitrogens with zero attached hydrogens (tertiary/aromatic N) is 1. The van der Waals surface area contributed by atoms with Crippen LogP contribution in [0.15, 0.2) is 66.7 Å². The van der Waals surface area contributed by atoms with Gasteiger partial charge in [0.15, 0.2) is 0 Å². The number of hydrogen-bond donors (Lipinski definition) is 1. The maximum atomic E-state index is 13.4. The van der Waals surface area contributed by atoms with Gasteiger partial charge < -0.3 is 10.2 Å². The third-order valence-electron chi connectivity index (χ3n) is 5.97. The lowest BCUT2D eigenvalue weighted by atomic mass is 10.00. The number of amides is 2. The van der Waals surface area contributed by atoms with Crippen molar-refractivity contribution in [3.8, 4) is 0 Å². The molecule has 3 aromatic carbocycles. The summed E-state index contributed by atoms with van der Waals surface area (Å²) < 4.78 is 13.4. The topological polar surface area (TPSA) is 49.4 Å². The van der Waals surface area contributed by atoms with Crippen LogP contribution in [0.5, 0.6) is 0 Å². The monoisotopic (exact) mass is 448 g/mol. The van der Waals surface area contributed by atoms with Gasteiger partial charge in [-0.1, -0.05) is 74.9 Å². The Morgan fingerprint density at radius 1 is 0.970 bits per heavy atom. The van der Waals surface area contributed by atoms with Crippen molar-refractivity contribution in [2.45, 2.75) is 58.5 Å². The highest BCUT2D eigenvalue weighted by Gasteiger charge is 2.28. The van der Waals surface area contributed by atoms with Gasteiger partial charge in [-0.2, -0.15) is 0 Å². The summed E-state index contributed by atoms with van der Waals surface area (Å²) in [5.41, 5.74) is 1.92. The SMILES string of the molecule is CCCCNC(=O)[C@H](CC)N(Cc1ccc(F)cc1)C(=O)CCc1cccc2ccccc12. The van der Waals surface area contributed by atoms with Gasteiger partial charge in [0.2, 0.25) is 11.8 Å². The molecule has 5 heteroatoms. The molecule has 4 nitrogen and oxygen atoms in total. The summed E-state index contributed by atoms with van der Waals surface area (Å²) in [5, 5.41) is 5.26. The zero-order chi connectivity index (χ0) is 23.6. The lowest BCUT2D eigenvalue weighted by molar-refractivity contribution is -0.141. The number of fused-ring (bicyclic) bond motifs is 1. The second kappa shape index (κ2) is 12.1. The Balaban J connectivity index is 1.79. The van der Waals surface area contributed by atoms with Gasteiger partial charge in [0.25, 0.3) is 0 Å². The van der Waals surface area contributed by atoms with Gasteiger partial charge in [0.1, 0.15) is 11.9 Å². The van der Waals surface area contributed by atoms with E-state index in [2.05, 4.69) is 36.5 Å². The zero-order valence-electron chi connectivity index (χ0n) is 19.5. The molecule has 0 aliphatic rings. The predicted molar refractivity (Wildman–Crippen MR) is 131 cm³/mol. The van der Waals surface area contributed by atoms with Gasteiger partial charge in [0.05, 0.1) is 0 Å². The number of hydrogen-bond acceptors (Lipinski definition) is 2. The molecule has 174 valence electrons. The van der Waals surface area contributed by atoms with E-state index in [0.29, 0.717) is 25.8 Å². The van der Waals surface area contributed by atoms with Gasteiger partial charge in [0, 0.05) is 19.5 Å². The van der Waals surface area contributed by atoms with E-state index >= 15 is 0 Å². The van der Waals surface area contributed by atoms with Gasteiger partial charge in [-0.3, -0.25) is 9.59 Å². The molecular formula is C28H33FN2O2. The molecule has 0 aromatic heterocycles. The summed E-state index contributed by atoms with van der Waals surface area (Å²) in [6.07, 6.45) is 3.29. The molecule has 0 aliphatic carbocycles.